The molecule has 0 radical (unpaired) electrons. The number of hydrogen-bond donors (Lipinski definition) is 2. The maximum Gasteiger partial charge on any atom is 0.325 e. The molecule has 25 heavy (non-hydrogen) atoms. The Morgan fingerprint density at radius 2 is 2.16 bits per heavy atom. The second-order valence-electron chi connectivity index (χ2n) is 6.76. The van der Waals surface area contributed by atoms with Crippen molar-refractivity contribution >= 4 is 34.6 Å². The highest BCUT2D eigenvalue weighted by molar-refractivity contribution is 6.10. The Balaban J connectivity index is 1.46. The van der Waals surface area contributed by atoms with Crippen LogP contribution in [0.2, 0.25) is 0 Å². The third-order valence-electron chi connectivity index (χ3n) is 4.89. The number of carbonyl (C=O) groups is 3. The van der Waals surface area contributed by atoms with Crippen LogP contribution in [-0.4, -0.2) is 49.8 Å². The molecule has 2 N–H and O–H groups in total. The zero-order chi connectivity index (χ0) is 17.8. The van der Waals surface area contributed by atoms with E-state index in [4.69, 9.17) is 0 Å². The zero-order valence-corrected chi connectivity index (χ0v) is 13.9. The van der Waals surface area contributed by atoms with E-state index < -0.39 is 17.5 Å². The molecule has 1 saturated carbocycles. The van der Waals surface area contributed by atoms with E-state index in [1.807, 2.05) is 0 Å². The second-order valence-corrected chi connectivity index (χ2v) is 6.76. The van der Waals surface area contributed by atoms with Crippen LogP contribution in [0.1, 0.15) is 19.8 Å². The van der Waals surface area contributed by atoms with E-state index in [-0.39, 0.29) is 18.4 Å². The van der Waals surface area contributed by atoms with Gasteiger partial charge in [-0.25, -0.2) is 9.48 Å². The van der Waals surface area contributed by atoms with Gasteiger partial charge in [0.05, 0.1) is 5.52 Å². The number of nitrogens with zero attached hydrogens (tertiary/aromatic N) is 4. The first-order valence-electron chi connectivity index (χ1n) is 8.12. The number of amides is 4. The first-order valence-corrected chi connectivity index (χ1v) is 8.12. The van der Waals surface area contributed by atoms with E-state index in [0.29, 0.717) is 11.2 Å². The number of rotatable bonds is 4. The summed E-state index contributed by atoms with van der Waals surface area (Å²) in [6.07, 6.45) is 1.83. The summed E-state index contributed by atoms with van der Waals surface area (Å²) in [5, 5.41) is 13.3. The van der Waals surface area contributed by atoms with Crippen molar-refractivity contribution in [3.63, 3.8) is 0 Å². The lowest BCUT2D eigenvalue weighted by atomic mass is 9.96. The fourth-order valence-corrected chi connectivity index (χ4v) is 3.26. The molecule has 0 bridgehead atoms. The monoisotopic (exact) mass is 342 g/mol. The van der Waals surface area contributed by atoms with Gasteiger partial charge in [0.25, 0.3) is 5.91 Å². The highest BCUT2D eigenvalue weighted by Gasteiger charge is 2.56. The van der Waals surface area contributed by atoms with E-state index >= 15 is 0 Å². The largest absolute Gasteiger partial charge is 0.325 e. The van der Waals surface area contributed by atoms with Gasteiger partial charge in [-0.2, -0.15) is 0 Å². The summed E-state index contributed by atoms with van der Waals surface area (Å²) in [6.45, 7) is 1.41. The van der Waals surface area contributed by atoms with Crippen LogP contribution in [0, 0.1) is 5.92 Å². The van der Waals surface area contributed by atoms with Gasteiger partial charge in [0.15, 0.2) is 0 Å². The number of anilines is 1. The molecular weight excluding hydrogens is 324 g/mol. The second kappa shape index (κ2) is 5.27. The number of benzene rings is 1. The minimum absolute atomic E-state index is 0.163. The molecule has 1 atom stereocenters. The molecule has 2 aliphatic rings. The summed E-state index contributed by atoms with van der Waals surface area (Å²) < 4.78 is 1.63. The molecule has 9 nitrogen and oxygen atoms in total. The van der Waals surface area contributed by atoms with Gasteiger partial charge in [-0.1, -0.05) is 5.21 Å². The maximum atomic E-state index is 12.5. The number of imide groups is 1. The smallest absolute Gasteiger partial charge is 0.324 e. The summed E-state index contributed by atoms with van der Waals surface area (Å²) in [6, 6.07) is 4.70. The lowest BCUT2D eigenvalue weighted by Crippen LogP contribution is -2.46. The number of nitrogens with one attached hydrogen (secondary N) is 2. The van der Waals surface area contributed by atoms with Crippen LogP contribution in [-0.2, 0) is 16.6 Å². The standard InChI is InChI=1S/C16H18N6O3/c1-16(9-3-4-9)14(24)22(15(25)18-16)8-13(23)17-10-5-6-12-11(7-10)19-20-21(12)2/h5-7,9H,3-4,8H2,1-2H3,(H,17,23)(H,18,25). The van der Waals surface area contributed by atoms with E-state index in [1.165, 1.54) is 0 Å². The van der Waals surface area contributed by atoms with Crippen molar-refractivity contribution in [2.24, 2.45) is 13.0 Å². The third-order valence-corrected chi connectivity index (χ3v) is 4.89. The maximum absolute atomic E-state index is 12.5. The van der Waals surface area contributed by atoms with Crippen molar-refractivity contribution < 1.29 is 14.4 Å². The molecule has 1 saturated heterocycles. The Hall–Kier alpha value is -2.97. The van der Waals surface area contributed by atoms with Crippen LogP contribution >= 0.6 is 0 Å². The Labute approximate surface area is 143 Å². The number of hydrogen-bond acceptors (Lipinski definition) is 5. The van der Waals surface area contributed by atoms with Gasteiger partial charge in [-0.15, -0.1) is 5.10 Å². The van der Waals surface area contributed by atoms with Gasteiger partial charge in [0, 0.05) is 12.7 Å². The van der Waals surface area contributed by atoms with Crippen molar-refractivity contribution in [2.75, 3.05) is 11.9 Å². The predicted octanol–water partition coefficient (Wildman–Crippen LogP) is 0.627. The van der Waals surface area contributed by atoms with Gasteiger partial charge < -0.3 is 10.6 Å². The number of aromatic nitrogens is 3. The molecule has 1 aliphatic carbocycles. The van der Waals surface area contributed by atoms with Crippen LogP contribution in [0.4, 0.5) is 10.5 Å². The summed E-state index contributed by atoms with van der Waals surface area (Å²) in [5.74, 6) is -0.609. The zero-order valence-electron chi connectivity index (χ0n) is 13.9. The molecule has 4 rings (SSSR count). The highest BCUT2D eigenvalue weighted by atomic mass is 16.2. The first kappa shape index (κ1) is 15.6. The first-order chi connectivity index (χ1) is 11.9. The van der Waals surface area contributed by atoms with Crippen LogP contribution in [0.3, 0.4) is 0 Å². The SMILES string of the molecule is Cn1nnc2cc(NC(=O)CN3C(=O)NC(C)(C4CC4)C3=O)ccc21. The Morgan fingerprint density at radius 3 is 2.88 bits per heavy atom. The van der Waals surface area contributed by atoms with Crippen molar-refractivity contribution in [3.8, 4) is 0 Å². The average Bonchev–Trinajstić information content (AvgIpc) is 3.33. The van der Waals surface area contributed by atoms with E-state index in [1.54, 1.807) is 36.9 Å². The molecule has 1 aromatic carbocycles. The van der Waals surface area contributed by atoms with E-state index in [2.05, 4.69) is 20.9 Å². The van der Waals surface area contributed by atoms with Gasteiger partial charge >= 0.3 is 6.03 Å². The average molecular weight is 342 g/mol. The van der Waals surface area contributed by atoms with Crippen LogP contribution in [0.5, 0.6) is 0 Å². The van der Waals surface area contributed by atoms with Gasteiger partial charge in [0.1, 0.15) is 17.6 Å². The summed E-state index contributed by atoms with van der Waals surface area (Å²) in [5.41, 5.74) is 1.15. The number of urea groups is 1. The van der Waals surface area contributed by atoms with Gasteiger partial charge in [0.2, 0.25) is 5.91 Å². The fourth-order valence-electron chi connectivity index (χ4n) is 3.26. The quantitative estimate of drug-likeness (QED) is 0.792. The molecule has 1 aliphatic heterocycles. The number of aryl methyl sites for hydroxylation is 1. The Bertz CT molecular complexity index is 902. The minimum Gasteiger partial charge on any atom is -0.324 e. The third kappa shape index (κ3) is 2.51. The van der Waals surface area contributed by atoms with E-state index in [0.717, 1.165) is 23.3 Å². The topological polar surface area (TPSA) is 109 Å². The van der Waals surface area contributed by atoms with Gasteiger partial charge in [-0.05, 0) is 43.9 Å². The molecule has 4 amide bonds. The van der Waals surface area contributed by atoms with Crippen molar-refractivity contribution in [1.29, 1.82) is 0 Å². The lowest BCUT2D eigenvalue weighted by Gasteiger charge is -2.20. The molecule has 1 unspecified atom stereocenters. The molecule has 130 valence electrons. The molecular formula is C16H18N6O3. The Morgan fingerprint density at radius 1 is 1.40 bits per heavy atom. The fraction of sp³-hybridized carbons (Fsp3) is 0.438. The molecule has 2 fully saturated rings. The van der Waals surface area contributed by atoms with Crippen LogP contribution < -0.4 is 10.6 Å². The molecule has 2 heterocycles. The van der Waals surface area contributed by atoms with E-state index in [9.17, 15) is 14.4 Å². The molecule has 9 heteroatoms. The van der Waals surface area contributed by atoms with Crippen molar-refractivity contribution in [2.45, 2.75) is 25.3 Å². The normalized spacial score (nSPS) is 23.2. The molecule has 1 aromatic heterocycles. The summed E-state index contributed by atoms with van der Waals surface area (Å²) >= 11 is 0. The highest BCUT2D eigenvalue weighted by Crippen LogP contribution is 2.42. The molecule has 0 spiro atoms. The summed E-state index contributed by atoms with van der Waals surface area (Å²) in [4.78, 5) is 37.9. The van der Waals surface area contributed by atoms with Crippen LogP contribution in [0.15, 0.2) is 18.2 Å². The Kier molecular flexibility index (Phi) is 3.28. The predicted molar refractivity (Wildman–Crippen MR) is 88.5 cm³/mol. The minimum atomic E-state index is -0.879. The van der Waals surface area contributed by atoms with Crippen molar-refractivity contribution in [1.82, 2.24) is 25.2 Å². The van der Waals surface area contributed by atoms with Gasteiger partial charge in [-0.3, -0.25) is 14.5 Å². The summed E-state index contributed by atoms with van der Waals surface area (Å²) in [7, 11) is 1.78. The van der Waals surface area contributed by atoms with Crippen molar-refractivity contribution in [3.05, 3.63) is 18.2 Å². The van der Waals surface area contributed by atoms with Crippen LogP contribution in [0.25, 0.3) is 11.0 Å². The number of fused-ring (bicyclic) bond motifs is 1. The lowest BCUT2D eigenvalue weighted by molar-refractivity contribution is -0.134. The number of carbonyl (C=O) groups excluding carboxylic acids is 3. The molecule has 2 aromatic rings.